The lowest BCUT2D eigenvalue weighted by atomic mass is 10.2. The third-order valence-electron chi connectivity index (χ3n) is 3.05. The maximum atomic E-state index is 12.1. The summed E-state index contributed by atoms with van der Waals surface area (Å²) in [7, 11) is 3.19. The van der Waals surface area contributed by atoms with E-state index in [1.807, 2.05) is 23.4 Å². The number of benzene rings is 1. The highest BCUT2D eigenvalue weighted by molar-refractivity contribution is 7.07. The largest absolute Gasteiger partial charge is 0.465 e. The molecule has 0 atom stereocenters. The molecular weight excluding hydrogens is 300 g/mol. The minimum Gasteiger partial charge on any atom is -0.465 e. The number of ether oxygens (including phenoxy) is 1. The molecule has 0 unspecified atom stereocenters. The van der Waals surface area contributed by atoms with E-state index in [1.165, 1.54) is 12.7 Å². The van der Waals surface area contributed by atoms with Gasteiger partial charge in [0.25, 0.3) is 0 Å². The molecule has 2 aromatic rings. The van der Waals surface area contributed by atoms with E-state index >= 15 is 0 Å². The number of methoxy groups -OCH3 is 1. The van der Waals surface area contributed by atoms with Crippen LogP contribution in [0.3, 0.4) is 0 Å². The van der Waals surface area contributed by atoms with Crippen molar-refractivity contribution >= 4 is 28.9 Å². The molecule has 116 valence electrons. The maximum absolute atomic E-state index is 12.1. The molecule has 6 heteroatoms. The fraction of sp³-hybridized carbons (Fsp3) is 0.250. The van der Waals surface area contributed by atoms with Gasteiger partial charge in [-0.3, -0.25) is 9.69 Å². The second-order valence-electron chi connectivity index (χ2n) is 4.89. The Morgan fingerprint density at radius 2 is 2.05 bits per heavy atom. The zero-order valence-electron chi connectivity index (χ0n) is 12.5. The van der Waals surface area contributed by atoms with E-state index in [0.29, 0.717) is 17.8 Å². The van der Waals surface area contributed by atoms with E-state index in [1.54, 1.807) is 35.6 Å². The Hall–Kier alpha value is -2.18. The van der Waals surface area contributed by atoms with Gasteiger partial charge in [-0.05, 0) is 41.6 Å². The number of carbonyl (C=O) groups excluding carboxylic acids is 2. The molecule has 1 amide bonds. The molecule has 0 saturated carbocycles. The van der Waals surface area contributed by atoms with Crippen molar-refractivity contribution < 1.29 is 14.3 Å². The first-order chi connectivity index (χ1) is 10.6. The Kier molecular flexibility index (Phi) is 5.68. The number of nitrogens with zero attached hydrogens (tertiary/aromatic N) is 1. The number of anilines is 1. The van der Waals surface area contributed by atoms with Gasteiger partial charge >= 0.3 is 5.97 Å². The van der Waals surface area contributed by atoms with Crippen molar-refractivity contribution in [2.45, 2.75) is 6.54 Å². The highest BCUT2D eigenvalue weighted by Crippen LogP contribution is 2.16. The van der Waals surface area contributed by atoms with Crippen molar-refractivity contribution in [2.75, 3.05) is 26.0 Å². The van der Waals surface area contributed by atoms with Crippen LogP contribution in [-0.4, -0.2) is 37.5 Å². The summed E-state index contributed by atoms with van der Waals surface area (Å²) in [5, 5.41) is 6.82. The van der Waals surface area contributed by atoms with Crippen LogP contribution >= 0.6 is 11.3 Å². The molecule has 0 spiro atoms. The molecule has 5 nitrogen and oxygen atoms in total. The topological polar surface area (TPSA) is 58.6 Å². The lowest BCUT2D eigenvalue weighted by Crippen LogP contribution is -2.30. The van der Waals surface area contributed by atoms with E-state index in [9.17, 15) is 9.59 Å². The standard InChI is InChI=1S/C16H18N2O3S/c1-18(9-12-7-8-22-11-12)10-15(19)17-14-6-4-3-5-13(14)16(20)21-2/h3-8,11H,9-10H2,1-2H3,(H,17,19). The molecule has 1 heterocycles. The van der Waals surface area contributed by atoms with Crippen LogP contribution < -0.4 is 5.32 Å². The van der Waals surface area contributed by atoms with E-state index < -0.39 is 5.97 Å². The van der Waals surface area contributed by atoms with E-state index in [0.717, 1.165) is 0 Å². The van der Waals surface area contributed by atoms with Gasteiger partial charge in [-0.1, -0.05) is 12.1 Å². The molecule has 0 saturated heterocycles. The van der Waals surface area contributed by atoms with E-state index in [4.69, 9.17) is 4.74 Å². The summed E-state index contributed by atoms with van der Waals surface area (Å²) < 4.78 is 4.71. The van der Waals surface area contributed by atoms with Gasteiger partial charge in [-0.15, -0.1) is 0 Å². The number of rotatable bonds is 6. The minimum absolute atomic E-state index is 0.172. The number of hydrogen-bond donors (Lipinski definition) is 1. The van der Waals surface area contributed by atoms with Gasteiger partial charge in [0.2, 0.25) is 5.91 Å². The van der Waals surface area contributed by atoms with Crippen LogP contribution in [0.2, 0.25) is 0 Å². The van der Waals surface area contributed by atoms with Crippen LogP contribution in [0.5, 0.6) is 0 Å². The first-order valence-corrected chi connectivity index (χ1v) is 7.71. The summed E-state index contributed by atoms with van der Waals surface area (Å²) in [5.74, 6) is -0.642. The third-order valence-corrected chi connectivity index (χ3v) is 3.78. The molecule has 0 radical (unpaired) electrons. The molecule has 0 bridgehead atoms. The Morgan fingerprint density at radius 3 is 2.73 bits per heavy atom. The van der Waals surface area contributed by atoms with Crippen molar-refractivity contribution in [1.29, 1.82) is 0 Å². The highest BCUT2D eigenvalue weighted by atomic mass is 32.1. The van der Waals surface area contributed by atoms with Gasteiger partial charge < -0.3 is 10.1 Å². The van der Waals surface area contributed by atoms with Gasteiger partial charge in [0.1, 0.15) is 0 Å². The maximum Gasteiger partial charge on any atom is 0.339 e. The molecule has 1 aromatic carbocycles. The van der Waals surface area contributed by atoms with Crippen LogP contribution in [0.15, 0.2) is 41.1 Å². The zero-order chi connectivity index (χ0) is 15.9. The Labute approximate surface area is 133 Å². The average Bonchev–Trinajstić information content (AvgIpc) is 2.99. The van der Waals surface area contributed by atoms with Crippen LogP contribution in [0.25, 0.3) is 0 Å². The average molecular weight is 318 g/mol. The van der Waals surface area contributed by atoms with Crippen LogP contribution in [0, 0.1) is 0 Å². The second-order valence-corrected chi connectivity index (χ2v) is 5.67. The molecule has 1 N–H and O–H groups in total. The summed E-state index contributed by atoms with van der Waals surface area (Å²) in [6.45, 7) is 0.945. The SMILES string of the molecule is COC(=O)c1ccccc1NC(=O)CN(C)Cc1ccsc1. The quantitative estimate of drug-likeness (QED) is 0.832. The van der Waals surface area contributed by atoms with Gasteiger partial charge in [0.15, 0.2) is 0 Å². The van der Waals surface area contributed by atoms with Gasteiger partial charge in [-0.25, -0.2) is 4.79 Å². The monoisotopic (exact) mass is 318 g/mol. The minimum atomic E-state index is -0.470. The van der Waals surface area contributed by atoms with Gasteiger partial charge in [0.05, 0.1) is 24.9 Å². The molecular formula is C16H18N2O3S. The predicted molar refractivity (Wildman–Crippen MR) is 87.1 cm³/mol. The molecule has 0 aliphatic heterocycles. The number of amides is 1. The third kappa shape index (κ3) is 4.41. The molecule has 2 rings (SSSR count). The van der Waals surface area contributed by atoms with Crippen LogP contribution in [0.4, 0.5) is 5.69 Å². The van der Waals surface area contributed by atoms with Crippen molar-refractivity contribution in [3.05, 3.63) is 52.2 Å². The van der Waals surface area contributed by atoms with Crippen molar-refractivity contribution in [3.63, 3.8) is 0 Å². The fourth-order valence-electron chi connectivity index (χ4n) is 2.07. The number of thiophene rings is 1. The smallest absolute Gasteiger partial charge is 0.339 e. The molecule has 0 fully saturated rings. The summed E-state index contributed by atoms with van der Waals surface area (Å²) in [6.07, 6.45) is 0. The first-order valence-electron chi connectivity index (χ1n) is 6.77. The normalized spacial score (nSPS) is 10.5. The number of nitrogens with one attached hydrogen (secondary N) is 1. The Bertz CT molecular complexity index is 641. The highest BCUT2D eigenvalue weighted by Gasteiger charge is 2.14. The summed E-state index contributed by atoms with van der Waals surface area (Å²) in [4.78, 5) is 25.7. The van der Waals surface area contributed by atoms with Gasteiger partial charge in [-0.2, -0.15) is 11.3 Å². The number of carbonyl (C=O) groups is 2. The number of esters is 1. The number of hydrogen-bond acceptors (Lipinski definition) is 5. The lowest BCUT2D eigenvalue weighted by molar-refractivity contribution is -0.117. The Morgan fingerprint density at radius 1 is 1.27 bits per heavy atom. The zero-order valence-corrected chi connectivity index (χ0v) is 13.4. The van der Waals surface area contributed by atoms with Crippen LogP contribution in [-0.2, 0) is 16.1 Å². The summed E-state index contributed by atoms with van der Waals surface area (Å²) >= 11 is 1.63. The number of para-hydroxylation sites is 1. The molecule has 0 aliphatic rings. The van der Waals surface area contributed by atoms with Crippen molar-refractivity contribution in [3.8, 4) is 0 Å². The van der Waals surface area contributed by atoms with E-state index in [2.05, 4.69) is 10.7 Å². The number of likely N-dealkylation sites (N-methyl/N-ethyl adjacent to an activating group) is 1. The van der Waals surface area contributed by atoms with Gasteiger partial charge in [0, 0.05) is 6.54 Å². The molecule has 0 aliphatic carbocycles. The van der Waals surface area contributed by atoms with Crippen molar-refractivity contribution in [1.82, 2.24) is 4.90 Å². The molecule has 1 aromatic heterocycles. The fourth-order valence-corrected chi connectivity index (χ4v) is 2.72. The predicted octanol–water partition coefficient (Wildman–Crippen LogP) is 2.61. The second kappa shape index (κ2) is 7.72. The lowest BCUT2D eigenvalue weighted by Gasteiger charge is -2.16. The summed E-state index contributed by atoms with van der Waals surface area (Å²) in [6, 6.07) is 8.83. The van der Waals surface area contributed by atoms with Crippen molar-refractivity contribution in [2.24, 2.45) is 0 Å². The van der Waals surface area contributed by atoms with Crippen LogP contribution in [0.1, 0.15) is 15.9 Å². The summed E-state index contributed by atoms with van der Waals surface area (Å²) in [5.41, 5.74) is 1.98. The Balaban J connectivity index is 1.96. The first kappa shape index (κ1) is 16.2. The van der Waals surface area contributed by atoms with E-state index in [-0.39, 0.29) is 12.5 Å². The molecule has 22 heavy (non-hydrogen) atoms.